The van der Waals surface area contributed by atoms with Crippen molar-refractivity contribution in [1.29, 1.82) is 0 Å². The van der Waals surface area contributed by atoms with E-state index in [0.29, 0.717) is 5.82 Å². The van der Waals surface area contributed by atoms with Crippen molar-refractivity contribution in [3.8, 4) is 0 Å². The highest BCUT2D eigenvalue weighted by Gasteiger charge is 2.17. The van der Waals surface area contributed by atoms with Crippen LogP contribution < -0.4 is 17.0 Å². The van der Waals surface area contributed by atoms with Crippen LogP contribution in [0.4, 0.5) is 5.82 Å². The van der Waals surface area contributed by atoms with Crippen molar-refractivity contribution in [3.05, 3.63) is 47.2 Å². The van der Waals surface area contributed by atoms with Crippen molar-refractivity contribution >= 4 is 5.82 Å². The molecular formula is C13H19N5. The van der Waals surface area contributed by atoms with E-state index >= 15 is 0 Å². The first kappa shape index (κ1) is 12.6. The van der Waals surface area contributed by atoms with E-state index in [-0.39, 0.29) is 6.04 Å². The number of benzene rings is 1. The van der Waals surface area contributed by atoms with Crippen molar-refractivity contribution < 1.29 is 0 Å². The van der Waals surface area contributed by atoms with Crippen LogP contribution in [0.2, 0.25) is 0 Å². The zero-order chi connectivity index (χ0) is 13.1. The molecule has 0 aliphatic heterocycles. The normalized spacial score (nSPS) is 12.6. The molecule has 0 radical (unpaired) electrons. The van der Waals surface area contributed by atoms with E-state index in [0.717, 1.165) is 17.5 Å². The van der Waals surface area contributed by atoms with Gasteiger partial charge in [0.05, 0.1) is 12.2 Å². The predicted octanol–water partition coefficient (Wildman–Crippen LogP) is 1.12. The summed E-state index contributed by atoms with van der Waals surface area (Å²) in [7, 11) is 1.81. The second-order valence-corrected chi connectivity index (χ2v) is 4.30. The molecule has 1 atom stereocenters. The lowest BCUT2D eigenvalue weighted by Gasteiger charge is -2.16. The Labute approximate surface area is 107 Å². The van der Waals surface area contributed by atoms with Crippen LogP contribution in [0.3, 0.4) is 0 Å². The number of aromatic nitrogens is 2. The van der Waals surface area contributed by atoms with Gasteiger partial charge in [-0.05, 0) is 17.5 Å². The zero-order valence-electron chi connectivity index (χ0n) is 10.7. The smallest absolute Gasteiger partial charge is 0.126 e. The van der Waals surface area contributed by atoms with Crippen LogP contribution in [0, 0.1) is 0 Å². The van der Waals surface area contributed by atoms with Gasteiger partial charge >= 0.3 is 0 Å². The van der Waals surface area contributed by atoms with Crippen molar-refractivity contribution in [2.75, 3.05) is 5.73 Å². The molecule has 2 aromatic rings. The van der Waals surface area contributed by atoms with E-state index in [9.17, 15) is 0 Å². The Balaban J connectivity index is 2.35. The monoisotopic (exact) mass is 245 g/mol. The standard InChI is InChI=1S/C13H19N5/c1-3-9-4-6-10(7-5-9)12(17-15)11-8-16-18(2)13(11)14/h4-8,12,17H,3,14-15H2,1-2H3. The summed E-state index contributed by atoms with van der Waals surface area (Å²) >= 11 is 0. The molecule has 5 N–H and O–H groups in total. The summed E-state index contributed by atoms with van der Waals surface area (Å²) in [6.07, 6.45) is 2.77. The average Bonchev–Trinajstić information content (AvgIpc) is 2.73. The van der Waals surface area contributed by atoms with Gasteiger partial charge in [0, 0.05) is 12.6 Å². The summed E-state index contributed by atoms with van der Waals surface area (Å²) in [6.45, 7) is 2.13. The summed E-state index contributed by atoms with van der Waals surface area (Å²) in [6, 6.07) is 8.20. The quantitative estimate of drug-likeness (QED) is 0.557. The maximum atomic E-state index is 5.98. The molecule has 0 bridgehead atoms. The molecule has 0 aliphatic carbocycles. The molecule has 5 heteroatoms. The van der Waals surface area contributed by atoms with Gasteiger partial charge in [-0.1, -0.05) is 31.2 Å². The van der Waals surface area contributed by atoms with Crippen LogP contribution in [0.5, 0.6) is 0 Å². The predicted molar refractivity (Wildman–Crippen MR) is 72.6 cm³/mol. The molecule has 18 heavy (non-hydrogen) atoms. The highest BCUT2D eigenvalue weighted by Crippen LogP contribution is 2.25. The summed E-state index contributed by atoms with van der Waals surface area (Å²) in [5.41, 5.74) is 12.0. The third-order valence-corrected chi connectivity index (χ3v) is 3.21. The SMILES string of the molecule is CCc1ccc(C(NN)c2cnn(C)c2N)cc1. The molecule has 0 saturated heterocycles. The molecule has 5 nitrogen and oxygen atoms in total. The van der Waals surface area contributed by atoms with Gasteiger partial charge < -0.3 is 5.73 Å². The number of hydrazine groups is 1. The zero-order valence-corrected chi connectivity index (χ0v) is 10.7. The van der Waals surface area contributed by atoms with Gasteiger partial charge in [0.2, 0.25) is 0 Å². The van der Waals surface area contributed by atoms with Crippen LogP contribution in [0.25, 0.3) is 0 Å². The van der Waals surface area contributed by atoms with Gasteiger partial charge in [-0.15, -0.1) is 0 Å². The van der Waals surface area contributed by atoms with Gasteiger partial charge in [0.1, 0.15) is 5.82 Å². The molecule has 0 fully saturated rings. The van der Waals surface area contributed by atoms with E-state index in [4.69, 9.17) is 11.6 Å². The summed E-state index contributed by atoms with van der Waals surface area (Å²) in [4.78, 5) is 0. The van der Waals surface area contributed by atoms with Crippen LogP contribution >= 0.6 is 0 Å². The molecule has 2 rings (SSSR count). The van der Waals surface area contributed by atoms with Gasteiger partial charge in [-0.25, -0.2) is 5.43 Å². The molecule has 0 spiro atoms. The number of nitrogens with one attached hydrogen (secondary N) is 1. The van der Waals surface area contributed by atoms with Gasteiger partial charge in [-0.3, -0.25) is 10.5 Å². The van der Waals surface area contributed by atoms with Crippen LogP contribution in [0.1, 0.15) is 29.7 Å². The number of anilines is 1. The molecule has 96 valence electrons. The number of nitrogens with zero attached hydrogens (tertiary/aromatic N) is 2. The molecule has 1 unspecified atom stereocenters. The van der Waals surface area contributed by atoms with E-state index < -0.39 is 0 Å². The largest absolute Gasteiger partial charge is 0.384 e. The minimum absolute atomic E-state index is 0.135. The fraction of sp³-hybridized carbons (Fsp3) is 0.308. The number of nitrogen functional groups attached to an aromatic ring is 1. The minimum Gasteiger partial charge on any atom is -0.384 e. The molecular weight excluding hydrogens is 226 g/mol. The first-order valence-electron chi connectivity index (χ1n) is 5.99. The van der Waals surface area contributed by atoms with Gasteiger partial charge in [-0.2, -0.15) is 5.10 Å². The number of nitrogens with two attached hydrogens (primary N) is 2. The Hall–Kier alpha value is -1.85. The molecule has 1 aromatic heterocycles. The van der Waals surface area contributed by atoms with Crippen LogP contribution in [-0.4, -0.2) is 9.78 Å². The lowest BCUT2D eigenvalue weighted by atomic mass is 9.99. The topological polar surface area (TPSA) is 81.9 Å². The Morgan fingerprint density at radius 1 is 1.33 bits per heavy atom. The van der Waals surface area contributed by atoms with Crippen molar-refractivity contribution in [1.82, 2.24) is 15.2 Å². The van der Waals surface area contributed by atoms with Crippen LogP contribution in [-0.2, 0) is 13.5 Å². The number of rotatable bonds is 4. The highest BCUT2D eigenvalue weighted by molar-refractivity contribution is 5.45. The highest BCUT2D eigenvalue weighted by atomic mass is 15.3. The maximum absolute atomic E-state index is 5.98. The first-order chi connectivity index (χ1) is 8.67. The number of aryl methyl sites for hydroxylation is 2. The fourth-order valence-electron chi connectivity index (χ4n) is 2.00. The molecule has 0 aliphatic rings. The number of hydrogen-bond acceptors (Lipinski definition) is 4. The van der Waals surface area contributed by atoms with Crippen molar-refractivity contribution in [3.63, 3.8) is 0 Å². The van der Waals surface area contributed by atoms with Crippen molar-refractivity contribution in [2.45, 2.75) is 19.4 Å². The van der Waals surface area contributed by atoms with Gasteiger partial charge in [0.15, 0.2) is 0 Å². The van der Waals surface area contributed by atoms with Crippen molar-refractivity contribution in [2.24, 2.45) is 12.9 Å². The Bertz CT molecular complexity index is 515. The maximum Gasteiger partial charge on any atom is 0.126 e. The third kappa shape index (κ3) is 2.23. The second kappa shape index (κ2) is 5.20. The minimum atomic E-state index is -0.135. The van der Waals surface area contributed by atoms with E-state index in [1.165, 1.54) is 5.56 Å². The third-order valence-electron chi connectivity index (χ3n) is 3.21. The van der Waals surface area contributed by atoms with Crippen LogP contribution in [0.15, 0.2) is 30.5 Å². The second-order valence-electron chi connectivity index (χ2n) is 4.30. The van der Waals surface area contributed by atoms with E-state index in [2.05, 4.69) is 41.7 Å². The molecule has 0 amide bonds. The molecule has 0 saturated carbocycles. The average molecular weight is 245 g/mol. The Morgan fingerprint density at radius 3 is 2.44 bits per heavy atom. The lowest BCUT2D eigenvalue weighted by molar-refractivity contribution is 0.638. The Kier molecular flexibility index (Phi) is 3.64. The van der Waals surface area contributed by atoms with Gasteiger partial charge in [0.25, 0.3) is 0 Å². The Morgan fingerprint density at radius 2 is 2.00 bits per heavy atom. The van der Waals surface area contributed by atoms with E-state index in [1.54, 1.807) is 10.9 Å². The lowest BCUT2D eigenvalue weighted by Crippen LogP contribution is -2.29. The first-order valence-corrected chi connectivity index (χ1v) is 5.99. The molecule has 1 aromatic carbocycles. The fourth-order valence-corrected chi connectivity index (χ4v) is 2.00. The summed E-state index contributed by atoms with van der Waals surface area (Å²) in [5, 5.41) is 4.14. The summed E-state index contributed by atoms with van der Waals surface area (Å²) in [5.74, 6) is 6.27. The van der Waals surface area contributed by atoms with E-state index in [1.807, 2.05) is 7.05 Å². The number of hydrogen-bond donors (Lipinski definition) is 3. The summed E-state index contributed by atoms with van der Waals surface area (Å²) < 4.78 is 1.64. The molecule has 1 heterocycles.